The molecule has 1 saturated heterocycles. The highest BCUT2D eigenvalue weighted by Gasteiger charge is 2.29. The monoisotopic (exact) mass is 338 g/mol. The lowest BCUT2D eigenvalue weighted by Gasteiger charge is -2.34. The maximum absolute atomic E-state index is 2.34. The SMILES string of the molecule is CCc1ccc(C[NH+]2CCC([NH+](CC)Cc3ccccc3)CC2)cc1. The van der Waals surface area contributed by atoms with Crippen molar-refractivity contribution in [3.63, 3.8) is 0 Å². The highest BCUT2D eigenvalue weighted by atomic mass is 15.2. The first-order valence-electron chi connectivity index (χ1n) is 10.1. The van der Waals surface area contributed by atoms with Crippen LogP contribution >= 0.6 is 0 Å². The quantitative estimate of drug-likeness (QED) is 0.763. The van der Waals surface area contributed by atoms with E-state index < -0.39 is 0 Å². The molecule has 0 saturated carbocycles. The largest absolute Gasteiger partial charge is 0.331 e. The number of quaternary nitrogens is 2. The molecule has 2 aromatic carbocycles. The van der Waals surface area contributed by atoms with Crippen molar-refractivity contribution >= 4 is 0 Å². The van der Waals surface area contributed by atoms with E-state index in [1.165, 1.54) is 62.3 Å². The Bertz CT molecular complexity index is 612. The smallest absolute Gasteiger partial charge is 0.103 e. The summed E-state index contributed by atoms with van der Waals surface area (Å²) in [7, 11) is 0. The van der Waals surface area contributed by atoms with Crippen molar-refractivity contribution in [3.8, 4) is 0 Å². The highest BCUT2D eigenvalue weighted by molar-refractivity contribution is 5.21. The summed E-state index contributed by atoms with van der Waals surface area (Å²) in [5.74, 6) is 0. The van der Waals surface area contributed by atoms with E-state index in [0.29, 0.717) is 0 Å². The number of aryl methyl sites for hydroxylation is 1. The molecule has 0 bridgehead atoms. The van der Waals surface area contributed by atoms with E-state index in [-0.39, 0.29) is 0 Å². The van der Waals surface area contributed by atoms with Crippen molar-refractivity contribution in [2.24, 2.45) is 0 Å². The van der Waals surface area contributed by atoms with Crippen LogP contribution in [-0.4, -0.2) is 25.7 Å². The summed E-state index contributed by atoms with van der Waals surface area (Å²) in [4.78, 5) is 3.52. The van der Waals surface area contributed by atoms with Crippen molar-refractivity contribution < 1.29 is 9.80 Å². The van der Waals surface area contributed by atoms with Gasteiger partial charge in [0.1, 0.15) is 13.1 Å². The lowest BCUT2D eigenvalue weighted by atomic mass is 10.0. The molecule has 1 fully saturated rings. The van der Waals surface area contributed by atoms with Crippen LogP contribution in [0.1, 0.15) is 43.4 Å². The van der Waals surface area contributed by atoms with Crippen LogP contribution in [0, 0.1) is 0 Å². The zero-order chi connectivity index (χ0) is 17.5. The Morgan fingerprint density at radius 2 is 1.48 bits per heavy atom. The zero-order valence-electron chi connectivity index (χ0n) is 15.9. The van der Waals surface area contributed by atoms with Gasteiger partial charge in [0.25, 0.3) is 0 Å². The number of likely N-dealkylation sites (tertiary alicyclic amines) is 1. The van der Waals surface area contributed by atoms with Crippen LogP contribution in [0.4, 0.5) is 0 Å². The minimum atomic E-state index is 0.830. The van der Waals surface area contributed by atoms with Gasteiger partial charge in [-0.2, -0.15) is 0 Å². The van der Waals surface area contributed by atoms with Gasteiger partial charge in [-0.15, -0.1) is 0 Å². The Morgan fingerprint density at radius 1 is 0.840 bits per heavy atom. The third-order valence-corrected chi connectivity index (χ3v) is 5.88. The van der Waals surface area contributed by atoms with Gasteiger partial charge >= 0.3 is 0 Å². The predicted octanol–water partition coefficient (Wildman–Crippen LogP) is 1.90. The maximum atomic E-state index is 2.34. The van der Waals surface area contributed by atoms with Crippen LogP contribution in [-0.2, 0) is 19.5 Å². The van der Waals surface area contributed by atoms with Gasteiger partial charge in [0, 0.05) is 24.0 Å². The lowest BCUT2D eigenvalue weighted by Crippen LogP contribution is -3.19. The molecule has 0 radical (unpaired) electrons. The van der Waals surface area contributed by atoms with Gasteiger partial charge in [-0.05, 0) is 18.9 Å². The minimum absolute atomic E-state index is 0.830. The van der Waals surface area contributed by atoms with E-state index in [1.807, 2.05) is 0 Å². The summed E-state index contributed by atoms with van der Waals surface area (Å²) >= 11 is 0. The van der Waals surface area contributed by atoms with Gasteiger partial charge in [-0.3, -0.25) is 0 Å². The molecule has 1 unspecified atom stereocenters. The molecule has 0 amide bonds. The van der Waals surface area contributed by atoms with Crippen LogP contribution in [0.5, 0.6) is 0 Å². The second kappa shape index (κ2) is 9.17. The number of hydrogen-bond donors (Lipinski definition) is 2. The molecule has 2 nitrogen and oxygen atoms in total. The summed E-state index contributed by atoms with van der Waals surface area (Å²) in [6.07, 6.45) is 3.85. The molecule has 1 aliphatic heterocycles. The minimum Gasteiger partial charge on any atom is -0.331 e. The van der Waals surface area contributed by atoms with Crippen molar-refractivity contribution in [1.82, 2.24) is 0 Å². The van der Waals surface area contributed by atoms with E-state index in [0.717, 1.165) is 12.5 Å². The molecular formula is C23H34N2+2. The third-order valence-electron chi connectivity index (χ3n) is 5.88. The Labute approximate surface area is 153 Å². The van der Waals surface area contributed by atoms with Gasteiger partial charge < -0.3 is 9.80 Å². The van der Waals surface area contributed by atoms with Crippen molar-refractivity contribution in [2.75, 3.05) is 19.6 Å². The first kappa shape index (κ1) is 18.2. The summed E-state index contributed by atoms with van der Waals surface area (Å²) in [5.41, 5.74) is 4.42. The van der Waals surface area contributed by atoms with Gasteiger partial charge in [0.2, 0.25) is 0 Å². The fourth-order valence-corrected chi connectivity index (χ4v) is 4.21. The molecule has 0 aliphatic carbocycles. The molecule has 1 aliphatic rings. The van der Waals surface area contributed by atoms with Gasteiger partial charge in [-0.1, -0.05) is 61.5 Å². The number of hydrogen-bond acceptors (Lipinski definition) is 0. The Morgan fingerprint density at radius 3 is 2.08 bits per heavy atom. The molecule has 3 rings (SSSR count). The van der Waals surface area contributed by atoms with Crippen LogP contribution in [0.15, 0.2) is 54.6 Å². The van der Waals surface area contributed by atoms with Crippen LogP contribution in [0.25, 0.3) is 0 Å². The first-order valence-corrected chi connectivity index (χ1v) is 10.1. The summed E-state index contributed by atoms with van der Waals surface area (Å²) in [6.45, 7) is 10.8. The number of piperidine rings is 1. The number of benzene rings is 2. The van der Waals surface area contributed by atoms with Crippen LogP contribution in [0.2, 0.25) is 0 Å². The summed E-state index contributed by atoms with van der Waals surface area (Å²) in [6, 6.07) is 21.1. The second-order valence-electron chi connectivity index (χ2n) is 7.55. The van der Waals surface area contributed by atoms with Crippen molar-refractivity contribution in [2.45, 2.75) is 52.2 Å². The standard InChI is InChI=1S/C23H32N2/c1-3-20-10-12-22(13-11-20)18-24-16-14-23(15-17-24)25(4-2)19-21-8-6-5-7-9-21/h5-13,23H,3-4,14-19H2,1-2H3/p+2. The molecule has 2 heteroatoms. The van der Waals surface area contributed by atoms with Gasteiger partial charge in [-0.25, -0.2) is 0 Å². The summed E-state index contributed by atoms with van der Waals surface area (Å²) < 4.78 is 0. The third kappa shape index (κ3) is 5.17. The van der Waals surface area contributed by atoms with Crippen LogP contribution < -0.4 is 9.80 Å². The average molecular weight is 339 g/mol. The predicted molar refractivity (Wildman–Crippen MR) is 105 cm³/mol. The van der Waals surface area contributed by atoms with E-state index >= 15 is 0 Å². The van der Waals surface area contributed by atoms with E-state index in [1.54, 1.807) is 9.80 Å². The fourth-order valence-electron chi connectivity index (χ4n) is 4.21. The zero-order valence-corrected chi connectivity index (χ0v) is 15.9. The van der Waals surface area contributed by atoms with Crippen molar-refractivity contribution in [1.29, 1.82) is 0 Å². The molecule has 2 aromatic rings. The van der Waals surface area contributed by atoms with Gasteiger partial charge in [0.15, 0.2) is 0 Å². The Balaban J connectivity index is 1.49. The molecule has 25 heavy (non-hydrogen) atoms. The molecule has 1 heterocycles. The van der Waals surface area contributed by atoms with E-state index in [9.17, 15) is 0 Å². The molecular weight excluding hydrogens is 304 g/mol. The first-order chi connectivity index (χ1) is 12.3. The summed E-state index contributed by atoms with van der Waals surface area (Å²) in [5, 5.41) is 0. The molecule has 0 spiro atoms. The molecule has 134 valence electrons. The van der Waals surface area contributed by atoms with Crippen molar-refractivity contribution in [3.05, 3.63) is 71.3 Å². The molecule has 0 aromatic heterocycles. The number of nitrogens with one attached hydrogen (secondary N) is 2. The Kier molecular flexibility index (Phi) is 6.66. The van der Waals surface area contributed by atoms with E-state index in [4.69, 9.17) is 0 Å². The maximum Gasteiger partial charge on any atom is 0.103 e. The second-order valence-corrected chi connectivity index (χ2v) is 7.55. The normalized spacial score (nSPS) is 21.8. The van der Waals surface area contributed by atoms with Crippen LogP contribution in [0.3, 0.4) is 0 Å². The Hall–Kier alpha value is -1.64. The van der Waals surface area contributed by atoms with E-state index in [2.05, 4.69) is 68.4 Å². The lowest BCUT2D eigenvalue weighted by molar-refractivity contribution is -0.969. The molecule has 2 N–H and O–H groups in total. The molecule has 1 atom stereocenters. The topological polar surface area (TPSA) is 8.88 Å². The fraction of sp³-hybridized carbons (Fsp3) is 0.478. The van der Waals surface area contributed by atoms with Gasteiger partial charge in [0.05, 0.1) is 25.7 Å². The number of rotatable bonds is 7. The average Bonchev–Trinajstić information content (AvgIpc) is 2.68. The highest BCUT2D eigenvalue weighted by Crippen LogP contribution is 2.05.